The molecule has 1 saturated heterocycles. The Hall–Kier alpha value is -3.08. The van der Waals surface area contributed by atoms with Gasteiger partial charge in [-0.3, -0.25) is 0 Å². The Labute approximate surface area is 158 Å². The number of amides is 1. The van der Waals surface area contributed by atoms with E-state index >= 15 is 0 Å². The van der Waals surface area contributed by atoms with Crippen LogP contribution in [0.1, 0.15) is 18.9 Å². The van der Waals surface area contributed by atoms with Crippen molar-refractivity contribution in [1.29, 1.82) is 0 Å². The number of methoxy groups -OCH3 is 1. The van der Waals surface area contributed by atoms with E-state index in [-0.39, 0.29) is 18.2 Å². The van der Waals surface area contributed by atoms with Crippen molar-refractivity contribution >= 4 is 33.8 Å². The van der Waals surface area contributed by atoms with E-state index < -0.39 is 0 Å². The molecule has 3 aromatic rings. The number of fused-ring (bicyclic) bond motifs is 3. The topological polar surface area (TPSA) is 51.7 Å². The average molecular weight is 362 g/mol. The number of pyridine rings is 1. The van der Waals surface area contributed by atoms with Gasteiger partial charge in [-0.1, -0.05) is 43.0 Å². The molecule has 0 bridgehead atoms. The van der Waals surface area contributed by atoms with Crippen molar-refractivity contribution in [1.82, 2.24) is 9.88 Å². The first kappa shape index (κ1) is 17.3. The van der Waals surface area contributed by atoms with Gasteiger partial charge in [0.2, 0.25) is 5.88 Å². The predicted octanol–water partition coefficient (Wildman–Crippen LogP) is 4.64. The number of carbonyl (C=O) groups is 1. The van der Waals surface area contributed by atoms with Gasteiger partial charge in [-0.05, 0) is 30.0 Å². The molecule has 1 fully saturated rings. The average Bonchev–Trinajstić information content (AvgIpc) is 3.07. The third-order valence-corrected chi connectivity index (χ3v) is 5.15. The Bertz CT molecular complexity index is 1030. The van der Waals surface area contributed by atoms with Gasteiger partial charge in [0.25, 0.3) is 0 Å². The summed E-state index contributed by atoms with van der Waals surface area (Å²) in [6.07, 6.45) is 2.11. The van der Waals surface area contributed by atoms with Gasteiger partial charge in [-0.15, -0.1) is 0 Å². The first-order chi connectivity index (χ1) is 13.1. The highest BCUT2D eigenvalue weighted by atomic mass is 16.5. The molecule has 1 amide bonds. The van der Waals surface area contributed by atoms with Crippen LogP contribution in [0, 0.1) is 0 Å². The molecule has 0 spiro atoms. The van der Waals surface area contributed by atoms with Crippen LogP contribution in [0.5, 0.6) is 5.88 Å². The molecular formula is C22H22N2O3. The van der Waals surface area contributed by atoms with Crippen molar-refractivity contribution in [3.05, 3.63) is 54.6 Å². The molecule has 1 aliphatic heterocycles. The molecule has 0 aliphatic carbocycles. The fraction of sp³-hybridized carbons (Fsp3) is 0.273. The molecule has 0 saturated carbocycles. The fourth-order valence-electron chi connectivity index (χ4n) is 3.76. The molecule has 0 unspecified atom stereocenters. The Morgan fingerprint density at radius 2 is 2.04 bits per heavy atom. The maximum atomic E-state index is 11.9. The molecule has 1 aromatic heterocycles. The van der Waals surface area contributed by atoms with Gasteiger partial charge in [0.15, 0.2) is 0 Å². The monoisotopic (exact) mass is 362 g/mol. The fourth-order valence-corrected chi connectivity index (χ4v) is 3.76. The van der Waals surface area contributed by atoms with Crippen molar-refractivity contribution in [2.45, 2.75) is 25.5 Å². The van der Waals surface area contributed by atoms with Crippen molar-refractivity contribution in [3.63, 3.8) is 0 Å². The number of likely N-dealkylation sites (tertiary alicyclic amines) is 1. The Morgan fingerprint density at radius 3 is 2.81 bits per heavy atom. The molecule has 2 aromatic carbocycles. The molecule has 27 heavy (non-hydrogen) atoms. The zero-order chi connectivity index (χ0) is 19.0. The van der Waals surface area contributed by atoms with Crippen LogP contribution in [0.3, 0.4) is 0 Å². The molecule has 1 aliphatic rings. The van der Waals surface area contributed by atoms with Crippen LogP contribution in [-0.4, -0.2) is 41.8 Å². The van der Waals surface area contributed by atoms with Crippen LogP contribution < -0.4 is 4.74 Å². The van der Waals surface area contributed by atoms with Crippen LogP contribution in [0.4, 0.5) is 4.79 Å². The zero-order valence-electron chi connectivity index (χ0n) is 15.5. The van der Waals surface area contributed by atoms with Gasteiger partial charge in [0.05, 0.1) is 19.2 Å². The first-order valence-electron chi connectivity index (χ1n) is 9.07. The molecule has 2 heterocycles. The van der Waals surface area contributed by atoms with E-state index in [4.69, 9.17) is 14.5 Å². The molecule has 2 atom stereocenters. The zero-order valence-corrected chi connectivity index (χ0v) is 15.5. The molecule has 5 nitrogen and oxygen atoms in total. The van der Waals surface area contributed by atoms with Crippen LogP contribution in [0.2, 0.25) is 0 Å². The molecule has 0 radical (unpaired) electrons. The predicted molar refractivity (Wildman–Crippen MR) is 107 cm³/mol. The van der Waals surface area contributed by atoms with Crippen LogP contribution in [-0.2, 0) is 4.74 Å². The van der Waals surface area contributed by atoms with Crippen molar-refractivity contribution in [2.75, 3.05) is 13.7 Å². The number of hydrogen-bond donors (Lipinski definition) is 0. The third kappa shape index (κ3) is 3.10. The number of aromatic nitrogens is 1. The Balaban J connectivity index is 1.76. The largest absolute Gasteiger partial charge is 0.472 e. The Kier molecular flexibility index (Phi) is 4.44. The smallest absolute Gasteiger partial charge is 0.409 e. The van der Waals surface area contributed by atoms with Crippen LogP contribution in [0.15, 0.2) is 49.0 Å². The van der Waals surface area contributed by atoms with Gasteiger partial charge in [0, 0.05) is 23.2 Å². The molecule has 0 N–H and O–H groups in total. The summed E-state index contributed by atoms with van der Waals surface area (Å²) in [5, 5.41) is 3.14. The number of para-hydroxylation sites is 1. The van der Waals surface area contributed by atoms with Crippen molar-refractivity contribution in [2.24, 2.45) is 0 Å². The quantitative estimate of drug-likeness (QED) is 0.637. The Morgan fingerprint density at radius 1 is 1.22 bits per heavy atom. The number of benzene rings is 2. The summed E-state index contributed by atoms with van der Waals surface area (Å²) < 4.78 is 11.2. The highest BCUT2D eigenvalue weighted by molar-refractivity contribution is 6.08. The van der Waals surface area contributed by atoms with Gasteiger partial charge in [0.1, 0.15) is 6.10 Å². The van der Waals surface area contributed by atoms with Gasteiger partial charge in [-0.25, -0.2) is 9.78 Å². The highest BCUT2D eigenvalue weighted by Gasteiger charge is 2.34. The summed E-state index contributed by atoms with van der Waals surface area (Å²) >= 11 is 0. The van der Waals surface area contributed by atoms with E-state index in [1.54, 1.807) is 4.90 Å². The maximum Gasteiger partial charge on any atom is 0.409 e. The van der Waals surface area contributed by atoms with E-state index in [1.807, 2.05) is 43.3 Å². The van der Waals surface area contributed by atoms with E-state index in [0.717, 1.165) is 33.7 Å². The van der Waals surface area contributed by atoms with Crippen molar-refractivity contribution < 1.29 is 14.3 Å². The first-order valence-corrected chi connectivity index (χ1v) is 9.07. The SMILES string of the molecule is C=Cc1ccc2c(c1)c(O[C@@H]1C[C@@H](C)N(C(=O)OC)C1)nc1ccccc12. The summed E-state index contributed by atoms with van der Waals surface area (Å²) in [6, 6.07) is 14.3. The minimum atomic E-state index is -0.320. The van der Waals surface area contributed by atoms with Crippen LogP contribution in [0.25, 0.3) is 27.8 Å². The summed E-state index contributed by atoms with van der Waals surface area (Å²) in [4.78, 5) is 18.4. The second-order valence-corrected chi connectivity index (χ2v) is 6.89. The minimum Gasteiger partial charge on any atom is -0.472 e. The molecule has 138 valence electrons. The lowest BCUT2D eigenvalue weighted by Gasteiger charge is -2.19. The summed E-state index contributed by atoms with van der Waals surface area (Å²) in [5.41, 5.74) is 1.91. The third-order valence-electron chi connectivity index (χ3n) is 5.15. The number of nitrogens with zero attached hydrogens (tertiary/aromatic N) is 2. The molecular weight excluding hydrogens is 340 g/mol. The molecule has 4 rings (SSSR count). The number of ether oxygens (including phenoxy) is 2. The van der Waals surface area contributed by atoms with Crippen molar-refractivity contribution in [3.8, 4) is 5.88 Å². The van der Waals surface area contributed by atoms with Gasteiger partial charge < -0.3 is 14.4 Å². The number of carbonyl (C=O) groups excluding carboxylic acids is 1. The summed E-state index contributed by atoms with van der Waals surface area (Å²) in [6.45, 7) is 6.36. The lowest BCUT2D eigenvalue weighted by atomic mass is 10.0. The molecule has 5 heteroatoms. The lowest BCUT2D eigenvalue weighted by molar-refractivity contribution is 0.116. The van der Waals surface area contributed by atoms with Gasteiger partial charge >= 0.3 is 6.09 Å². The van der Waals surface area contributed by atoms with E-state index in [1.165, 1.54) is 7.11 Å². The van der Waals surface area contributed by atoms with E-state index in [2.05, 4.69) is 18.7 Å². The highest BCUT2D eigenvalue weighted by Crippen LogP contribution is 2.33. The minimum absolute atomic E-state index is 0.0675. The van der Waals surface area contributed by atoms with Gasteiger partial charge in [-0.2, -0.15) is 0 Å². The maximum absolute atomic E-state index is 11.9. The number of hydrogen-bond acceptors (Lipinski definition) is 4. The normalized spacial score (nSPS) is 19.4. The summed E-state index contributed by atoms with van der Waals surface area (Å²) in [7, 11) is 1.40. The van der Waals surface area contributed by atoms with E-state index in [9.17, 15) is 4.79 Å². The standard InChI is InChI=1S/C22H22N2O3/c1-4-15-9-10-17-18-7-5-6-8-20(18)23-21(19(17)12-15)27-16-11-14(2)24(13-16)22(25)26-3/h4-10,12,14,16H,1,11,13H2,2-3H3/t14-,16-/m1/s1. The number of rotatable bonds is 3. The second kappa shape index (κ2) is 6.91. The van der Waals surface area contributed by atoms with E-state index in [0.29, 0.717) is 12.4 Å². The van der Waals surface area contributed by atoms with Crippen LogP contribution >= 0.6 is 0 Å². The second-order valence-electron chi connectivity index (χ2n) is 6.89. The lowest BCUT2D eigenvalue weighted by Crippen LogP contribution is -2.34. The summed E-state index contributed by atoms with van der Waals surface area (Å²) in [5.74, 6) is 0.594.